The van der Waals surface area contributed by atoms with Crippen LogP contribution >= 0.6 is 0 Å². The van der Waals surface area contributed by atoms with Crippen molar-refractivity contribution in [2.45, 2.75) is 5.92 Å². The molecule has 0 aromatic heterocycles. The highest BCUT2D eigenvalue weighted by molar-refractivity contribution is 6.22. The predicted molar refractivity (Wildman–Crippen MR) is 60.0 cm³/mol. The monoisotopic (exact) mass is 229 g/mol. The largest absolute Gasteiger partial charge is 0.481 e. The summed E-state index contributed by atoms with van der Waals surface area (Å²) in [6.45, 7) is 3.49. The molecule has 85 valence electrons. The van der Waals surface area contributed by atoms with Crippen LogP contribution < -0.4 is 0 Å². The average Bonchev–Trinajstić information content (AvgIpc) is 2.32. The fourth-order valence-electron chi connectivity index (χ4n) is 1.80. The maximum Gasteiger partial charge on any atom is 0.310 e. The molecule has 0 spiro atoms. The summed E-state index contributed by atoms with van der Waals surface area (Å²) in [5.74, 6) is -2.84. The van der Waals surface area contributed by atoms with E-state index in [1.165, 1.54) is 18.2 Å². The highest BCUT2D eigenvalue weighted by Crippen LogP contribution is 2.26. The van der Waals surface area contributed by atoms with Gasteiger partial charge in [-0.25, -0.2) is 0 Å². The highest BCUT2D eigenvalue weighted by Gasteiger charge is 2.26. The van der Waals surface area contributed by atoms with Gasteiger partial charge in [-0.05, 0) is 24.6 Å². The first-order valence-electron chi connectivity index (χ1n) is 4.98. The van der Waals surface area contributed by atoms with Gasteiger partial charge in [-0.3, -0.25) is 14.4 Å². The van der Waals surface area contributed by atoms with Crippen molar-refractivity contribution in [3.8, 4) is 0 Å². The van der Waals surface area contributed by atoms with Gasteiger partial charge in [0.15, 0.2) is 11.6 Å². The van der Waals surface area contributed by atoms with E-state index in [-0.39, 0.29) is 28.3 Å². The smallest absolute Gasteiger partial charge is 0.310 e. The Morgan fingerprint density at radius 1 is 1.18 bits per heavy atom. The summed E-state index contributed by atoms with van der Waals surface area (Å²) in [6.07, 6.45) is 2.34. The predicted octanol–water partition coefficient (Wildman–Crippen LogP) is 1.62. The number of rotatable bonds is 2. The summed E-state index contributed by atoms with van der Waals surface area (Å²) in [5.41, 5.74) is 0.671. The lowest BCUT2D eigenvalue weighted by Gasteiger charge is -2.16. The molecule has 1 unspecified atom stereocenters. The molecule has 1 aromatic carbocycles. The molecule has 0 aliphatic heterocycles. The molecule has 0 heterocycles. The number of benzene rings is 1. The summed E-state index contributed by atoms with van der Waals surface area (Å²) >= 11 is 0. The molecule has 0 saturated carbocycles. The van der Waals surface area contributed by atoms with Crippen LogP contribution in [0.4, 0.5) is 0 Å². The average molecular weight is 229 g/mol. The topological polar surface area (TPSA) is 71.4 Å². The molecule has 17 heavy (non-hydrogen) atoms. The number of ketones is 2. The molecule has 1 aromatic rings. The third-order valence-electron chi connectivity index (χ3n) is 2.67. The number of hydrogen-bond acceptors (Lipinski definition) is 3. The minimum absolute atomic E-state index is 0.155. The van der Waals surface area contributed by atoms with E-state index in [1.807, 2.05) is 0 Å². The van der Waals surface area contributed by atoms with E-state index in [2.05, 4.69) is 6.92 Å². The van der Waals surface area contributed by atoms with E-state index in [1.54, 1.807) is 6.07 Å². The van der Waals surface area contributed by atoms with Crippen molar-refractivity contribution in [1.29, 1.82) is 0 Å². The Labute approximate surface area is 97.6 Å². The number of aliphatic carboxylic acids is 1. The van der Waals surface area contributed by atoms with Crippen molar-refractivity contribution >= 4 is 17.5 Å². The molecule has 0 fully saturated rings. The molecule has 1 aliphatic rings. The second-order valence-corrected chi connectivity index (χ2v) is 3.72. The second kappa shape index (κ2) is 3.97. The van der Waals surface area contributed by atoms with Crippen molar-refractivity contribution in [2.24, 2.45) is 0 Å². The van der Waals surface area contributed by atoms with Gasteiger partial charge in [0.1, 0.15) is 0 Å². The summed E-state index contributed by atoms with van der Waals surface area (Å²) in [7, 11) is 0. The van der Waals surface area contributed by atoms with Crippen LogP contribution in [0.5, 0.6) is 0 Å². The molecule has 0 bridgehead atoms. The Morgan fingerprint density at radius 3 is 2.47 bits per heavy atom. The lowest BCUT2D eigenvalue weighted by atomic mass is 9.86. The molecule has 1 radical (unpaired) electrons. The Bertz CT molecular complexity index is 555. The molecule has 1 aliphatic carbocycles. The first-order valence-corrected chi connectivity index (χ1v) is 4.98. The third kappa shape index (κ3) is 1.78. The number of carboxylic acids is 1. The number of carbonyl (C=O) groups is 3. The zero-order chi connectivity index (χ0) is 12.6. The molecule has 0 amide bonds. The van der Waals surface area contributed by atoms with Crippen LogP contribution in [0.1, 0.15) is 32.2 Å². The lowest BCUT2D eigenvalue weighted by Crippen LogP contribution is -2.18. The molecule has 1 atom stereocenters. The Kier molecular flexibility index (Phi) is 2.63. The van der Waals surface area contributed by atoms with E-state index in [9.17, 15) is 14.4 Å². The standard InChI is InChI=1S/C13H9O4/c1-7(13(16)17)8-3-2-4-9-10(14)5-6-11(15)12(8)9/h2-7H,1H2,(H,16,17). The maximum atomic E-state index is 11.7. The van der Waals surface area contributed by atoms with Crippen molar-refractivity contribution in [2.75, 3.05) is 0 Å². The van der Waals surface area contributed by atoms with Gasteiger partial charge < -0.3 is 5.11 Å². The van der Waals surface area contributed by atoms with Crippen LogP contribution in [0.15, 0.2) is 30.4 Å². The molecule has 2 rings (SSSR count). The normalized spacial score (nSPS) is 15.6. The Balaban J connectivity index is 2.66. The van der Waals surface area contributed by atoms with E-state index in [4.69, 9.17) is 5.11 Å². The van der Waals surface area contributed by atoms with Crippen LogP contribution in [0.25, 0.3) is 0 Å². The molecule has 4 heteroatoms. The van der Waals surface area contributed by atoms with Gasteiger partial charge in [0.05, 0.1) is 5.92 Å². The van der Waals surface area contributed by atoms with E-state index >= 15 is 0 Å². The second-order valence-electron chi connectivity index (χ2n) is 3.72. The van der Waals surface area contributed by atoms with Crippen LogP contribution in [0, 0.1) is 6.92 Å². The number of hydrogen-bond donors (Lipinski definition) is 1. The zero-order valence-electron chi connectivity index (χ0n) is 8.84. The van der Waals surface area contributed by atoms with Gasteiger partial charge in [-0.15, -0.1) is 0 Å². The quantitative estimate of drug-likeness (QED) is 0.836. The van der Waals surface area contributed by atoms with Crippen LogP contribution in [-0.2, 0) is 4.79 Å². The van der Waals surface area contributed by atoms with Gasteiger partial charge in [0.25, 0.3) is 0 Å². The minimum atomic E-state index is -1.13. The molecule has 1 N–H and O–H groups in total. The molecular weight excluding hydrogens is 220 g/mol. The van der Waals surface area contributed by atoms with Crippen molar-refractivity contribution < 1.29 is 19.5 Å². The number of carboxylic acid groups (broad SMARTS) is 1. The van der Waals surface area contributed by atoms with Crippen LogP contribution in [-0.4, -0.2) is 22.6 Å². The summed E-state index contributed by atoms with van der Waals surface area (Å²) in [4.78, 5) is 34.2. The van der Waals surface area contributed by atoms with Gasteiger partial charge in [0.2, 0.25) is 0 Å². The first-order chi connectivity index (χ1) is 8.02. The van der Waals surface area contributed by atoms with E-state index in [0.717, 1.165) is 6.08 Å². The number of carbonyl (C=O) groups excluding carboxylic acids is 2. The van der Waals surface area contributed by atoms with Gasteiger partial charge >= 0.3 is 5.97 Å². The maximum absolute atomic E-state index is 11.7. The number of allylic oxidation sites excluding steroid dienone is 2. The van der Waals surface area contributed by atoms with Crippen LogP contribution in [0.3, 0.4) is 0 Å². The van der Waals surface area contributed by atoms with Crippen molar-refractivity contribution in [3.63, 3.8) is 0 Å². The first kappa shape index (κ1) is 11.3. The summed E-state index contributed by atoms with van der Waals surface area (Å²) < 4.78 is 0. The molecule has 4 nitrogen and oxygen atoms in total. The zero-order valence-corrected chi connectivity index (χ0v) is 8.84. The summed E-state index contributed by atoms with van der Waals surface area (Å²) in [5, 5.41) is 8.91. The van der Waals surface area contributed by atoms with E-state index in [0.29, 0.717) is 0 Å². The fraction of sp³-hybridized carbons (Fsp3) is 0.0769. The Hall–Kier alpha value is -2.23. The highest BCUT2D eigenvalue weighted by atomic mass is 16.4. The van der Waals surface area contributed by atoms with Gasteiger partial charge in [-0.2, -0.15) is 0 Å². The molecular formula is C13H9O4. The molecule has 0 saturated heterocycles. The van der Waals surface area contributed by atoms with Crippen LogP contribution in [0.2, 0.25) is 0 Å². The summed E-state index contributed by atoms with van der Waals surface area (Å²) in [6, 6.07) is 4.58. The Morgan fingerprint density at radius 2 is 1.82 bits per heavy atom. The minimum Gasteiger partial charge on any atom is -0.481 e. The SMILES string of the molecule is [CH2]C(C(=O)O)c1cccc2c1C(=O)C=CC2=O. The van der Waals surface area contributed by atoms with Gasteiger partial charge in [0, 0.05) is 11.1 Å². The lowest BCUT2D eigenvalue weighted by molar-refractivity contribution is -0.137. The van der Waals surface area contributed by atoms with Crippen molar-refractivity contribution in [1.82, 2.24) is 0 Å². The van der Waals surface area contributed by atoms with Crippen molar-refractivity contribution in [3.05, 3.63) is 54.0 Å². The fourth-order valence-corrected chi connectivity index (χ4v) is 1.80. The number of fused-ring (bicyclic) bond motifs is 1. The van der Waals surface area contributed by atoms with Gasteiger partial charge in [-0.1, -0.05) is 18.2 Å². The van der Waals surface area contributed by atoms with E-state index < -0.39 is 11.9 Å². The third-order valence-corrected chi connectivity index (χ3v) is 2.67.